The fraction of sp³-hybridized carbons (Fsp3) is 0.915. The second-order valence-electron chi connectivity index (χ2n) is 16.8. The highest BCUT2D eigenvalue weighted by Crippen LogP contribution is 2.19. The third kappa shape index (κ3) is 31.5. The van der Waals surface area contributed by atoms with Crippen molar-refractivity contribution < 1.29 is 14.6 Å². The number of rotatable bonds is 40. The van der Waals surface area contributed by atoms with E-state index in [4.69, 9.17) is 4.74 Å². The van der Waals surface area contributed by atoms with Gasteiger partial charge >= 0.3 is 5.97 Å². The van der Waals surface area contributed by atoms with Crippen molar-refractivity contribution in [3.05, 3.63) is 11.8 Å². The van der Waals surface area contributed by atoms with Gasteiger partial charge in [-0.2, -0.15) is 0 Å². The Kier molecular flexibility index (Phi) is 35.1. The van der Waals surface area contributed by atoms with E-state index >= 15 is 0 Å². The van der Waals surface area contributed by atoms with Crippen LogP contribution in [-0.4, -0.2) is 72.6 Å². The topological polar surface area (TPSA) is 65.4 Å². The van der Waals surface area contributed by atoms with Crippen molar-refractivity contribution in [1.82, 2.24) is 9.80 Å². The number of ether oxygens (including phenoxy) is 1. The summed E-state index contributed by atoms with van der Waals surface area (Å²) in [4.78, 5) is 22.2. The Bertz CT molecular complexity index is 846. The molecule has 1 heterocycles. The van der Waals surface area contributed by atoms with Crippen molar-refractivity contribution in [3.8, 4) is 0 Å². The summed E-state index contributed by atoms with van der Waals surface area (Å²) < 4.78 is 6.08. The van der Waals surface area contributed by atoms with Crippen LogP contribution in [0, 0.1) is 5.92 Å². The normalized spacial score (nSPS) is 13.7. The molecule has 1 N–H and O–H groups in total. The summed E-state index contributed by atoms with van der Waals surface area (Å²) >= 11 is 0. The highest BCUT2D eigenvalue weighted by Gasteiger charge is 2.17. The van der Waals surface area contributed by atoms with Crippen LogP contribution >= 0.6 is 0 Å². The van der Waals surface area contributed by atoms with Crippen LogP contribution in [0.15, 0.2) is 16.8 Å². The number of carbonyl (C=O) groups is 1. The molecule has 0 aliphatic carbocycles. The minimum absolute atomic E-state index is 0.0296. The maximum Gasteiger partial charge on any atom is 0.306 e. The third-order valence-electron chi connectivity index (χ3n) is 11.3. The zero-order valence-electron chi connectivity index (χ0n) is 36.1. The molecule has 0 radical (unpaired) electrons. The minimum atomic E-state index is 0.0296. The van der Waals surface area contributed by atoms with Gasteiger partial charge in [0.05, 0.1) is 6.34 Å². The predicted molar refractivity (Wildman–Crippen MR) is 231 cm³/mol. The van der Waals surface area contributed by atoms with Crippen LogP contribution in [0.2, 0.25) is 0 Å². The van der Waals surface area contributed by atoms with E-state index in [9.17, 15) is 9.90 Å². The molecule has 53 heavy (non-hydrogen) atoms. The lowest BCUT2D eigenvalue weighted by atomic mass is 9.99. The highest BCUT2D eigenvalue weighted by atomic mass is 16.5. The van der Waals surface area contributed by atoms with E-state index in [1.165, 1.54) is 166 Å². The minimum Gasteiger partial charge on any atom is -0.462 e. The molecule has 1 unspecified atom stereocenters. The molecule has 1 aliphatic heterocycles. The Morgan fingerprint density at radius 1 is 0.679 bits per heavy atom. The van der Waals surface area contributed by atoms with Crippen molar-refractivity contribution in [2.45, 2.75) is 233 Å². The number of aliphatic imine (C=N–C) groups is 1. The van der Waals surface area contributed by atoms with Crippen LogP contribution in [-0.2, 0) is 9.53 Å². The molecule has 1 aliphatic rings. The zero-order chi connectivity index (χ0) is 38.5. The van der Waals surface area contributed by atoms with E-state index in [0.29, 0.717) is 12.3 Å². The van der Waals surface area contributed by atoms with E-state index in [2.05, 4.69) is 42.5 Å². The molecule has 0 aromatic carbocycles. The van der Waals surface area contributed by atoms with Crippen LogP contribution in [0.25, 0.3) is 0 Å². The van der Waals surface area contributed by atoms with Gasteiger partial charge in [-0.3, -0.25) is 4.79 Å². The van der Waals surface area contributed by atoms with Crippen molar-refractivity contribution in [2.75, 3.05) is 39.3 Å². The molecule has 0 aromatic heterocycles. The van der Waals surface area contributed by atoms with Gasteiger partial charge in [0.2, 0.25) is 0 Å². The van der Waals surface area contributed by atoms with Gasteiger partial charge in [-0.05, 0) is 69.9 Å². The summed E-state index contributed by atoms with van der Waals surface area (Å²) in [6, 6.07) is 0. The second-order valence-corrected chi connectivity index (χ2v) is 16.8. The van der Waals surface area contributed by atoms with Crippen LogP contribution in [0.5, 0.6) is 0 Å². The van der Waals surface area contributed by atoms with Gasteiger partial charge in [-0.1, -0.05) is 168 Å². The molecule has 6 nitrogen and oxygen atoms in total. The molecule has 1 rings (SSSR count). The first-order valence-electron chi connectivity index (χ1n) is 23.5. The van der Waals surface area contributed by atoms with Crippen LogP contribution < -0.4 is 0 Å². The van der Waals surface area contributed by atoms with Gasteiger partial charge < -0.3 is 19.6 Å². The average molecular weight is 746 g/mol. The van der Waals surface area contributed by atoms with E-state index < -0.39 is 0 Å². The summed E-state index contributed by atoms with van der Waals surface area (Å²) in [6.45, 7) is 14.3. The quantitative estimate of drug-likeness (QED) is 0.0500. The van der Waals surface area contributed by atoms with E-state index in [0.717, 1.165) is 64.8 Å². The number of unbranched alkanes of at least 4 members (excludes halogenated alkanes) is 23. The smallest absolute Gasteiger partial charge is 0.306 e. The number of carbonyl (C=O) groups excluding carboxylic acids is 1. The molecule has 0 bridgehead atoms. The fourth-order valence-electron chi connectivity index (χ4n) is 7.83. The first-order valence-corrected chi connectivity index (χ1v) is 23.5. The first-order chi connectivity index (χ1) is 26.0. The van der Waals surface area contributed by atoms with Gasteiger partial charge in [0.1, 0.15) is 6.10 Å². The van der Waals surface area contributed by atoms with Gasteiger partial charge in [0.25, 0.3) is 0 Å². The van der Waals surface area contributed by atoms with Crippen LogP contribution in [0.4, 0.5) is 0 Å². The third-order valence-corrected chi connectivity index (χ3v) is 11.3. The number of aliphatic hydroxyl groups excluding tert-OH is 1. The van der Waals surface area contributed by atoms with Crippen molar-refractivity contribution in [2.24, 2.45) is 10.9 Å². The molecule has 0 saturated carbocycles. The maximum absolute atomic E-state index is 12.9. The van der Waals surface area contributed by atoms with E-state index in [-0.39, 0.29) is 18.7 Å². The number of nitrogens with zero attached hydrogens (tertiary/aromatic N) is 3. The standard InChI is InChI=1S/C47H91N3O3/c1-5-8-11-14-17-18-19-20-22-27-32-45(42-51)41-49(37-38-50-40-44(4)39-48-43-50)36-31-26-21-25-30-35-47(52)53-46(33-28-23-15-12-9-6-2)34-29-24-16-13-10-7-3/h39,43,45-46,51H,5-38,40-42H2,1-4H3. The number of esters is 1. The summed E-state index contributed by atoms with van der Waals surface area (Å²) in [5.41, 5.74) is 1.31. The van der Waals surface area contributed by atoms with E-state index in [1.54, 1.807) is 0 Å². The Labute approximate surface area is 330 Å². The van der Waals surface area contributed by atoms with Crippen molar-refractivity contribution in [1.29, 1.82) is 0 Å². The Morgan fingerprint density at radius 2 is 1.15 bits per heavy atom. The summed E-state index contributed by atoms with van der Waals surface area (Å²) in [6.07, 6.45) is 42.5. The molecule has 312 valence electrons. The molecular formula is C47H91N3O3. The lowest BCUT2D eigenvalue weighted by Crippen LogP contribution is -2.39. The van der Waals surface area contributed by atoms with Crippen LogP contribution in [0.3, 0.4) is 0 Å². The molecular weight excluding hydrogens is 655 g/mol. The first kappa shape index (κ1) is 49.6. The summed E-state index contributed by atoms with van der Waals surface area (Å²) in [5.74, 6) is 0.389. The summed E-state index contributed by atoms with van der Waals surface area (Å²) in [7, 11) is 0. The molecule has 0 amide bonds. The molecule has 0 fully saturated rings. The lowest BCUT2D eigenvalue weighted by Gasteiger charge is -2.30. The predicted octanol–water partition coefficient (Wildman–Crippen LogP) is 13.2. The Hall–Kier alpha value is -1.40. The molecule has 1 atom stereocenters. The molecule has 6 heteroatoms. The molecule has 0 saturated heterocycles. The number of hydrogen-bond acceptors (Lipinski definition) is 6. The van der Waals surface area contributed by atoms with Crippen molar-refractivity contribution >= 4 is 12.3 Å². The fourth-order valence-corrected chi connectivity index (χ4v) is 7.83. The second kappa shape index (κ2) is 37.5. The van der Waals surface area contributed by atoms with Gasteiger partial charge in [-0.15, -0.1) is 0 Å². The number of hydrogen-bond donors (Lipinski definition) is 1. The van der Waals surface area contributed by atoms with Crippen molar-refractivity contribution in [3.63, 3.8) is 0 Å². The lowest BCUT2D eigenvalue weighted by molar-refractivity contribution is -0.150. The summed E-state index contributed by atoms with van der Waals surface area (Å²) in [5, 5.41) is 10.3. The largest absolute Gasteiger partial charge is 0.462 e. The molecule has 0 spiro atoms. The Balaban J connectivity index is 2.39. The maximum atomic E-state index is 12.9. The van der Waals surface area contributed by atoms with Gasteiger partial charge in [0.15, 0.2) is 0 Å². The average Bonchev–Trinajstić information content (AvgIpc) is 3.16. The SMILES string of the molecule is CCCCCCCCCCCCC(CO)CN(CCCCCCCC(=O)OC(CCCCCCCC)CCCCCCCC)CCN1C=NC=C(C)C1. The highest BCUT2D eigenvalue weighted by molar-refractivity contribution is 5.69. The number of aliphatic hydroxyl groups is 1. The van der Waals surface area contributed by atoms with E-state index in [1.807, 2.05) is 12.5 Å². The molecule has 0 aromatic rings. The Morgan fingerprint density at radius 3 is 1.66 bits per heavy atom. The van der Waals surface area contributed by atoms with Gasteiger partial charge in [0, 0.05) is 45.4 Å². The van der Waals surface area contributed by atoms with Gasteiger partial charge in [-0.25, -0.2) is 4.99 Å². The monoisotopic (exact) mass is 746 g/mol. The zero-order valence-corrected chi connectivity index (χ0v) is 36.1. The van der Waals surface area contributed by atoms with Crippen LogP contribution in [0.1, 0.15) is 227 Å².